The Hall–Kier alpha value is -0.840. The normalized spacial score (nSPS) is 12.5. The third-order valence-electron chi connectivity index (χ3n) is 2.70. The Morgan fingerprint density at radius 1 is 1.65 bits per heavy atom. The summed E-state index contributed by atoms with van der Waals surface area (Å²) in [5.74, 6) is 0.469. The van der Waals surface area contributed by atoms with Gasteiger partial charge in [0.25, 0.3) is 5.91 Å². The number of hydrogen-bond donors (Lipinski definition) is 1. The Kier molecular flexibility index (Phi) is 5.68. The van der Waals surface area contributed by atoms with Crippen molar-refractivity contribution in [1.82, 2.24) is 15.1 Å². The molecule has 4 nitrogen and oxygen atoms in total. The molecule has 0 aliphatic carbocycles. The summed E-state index contributed by atoms with van der Waals surface area (Å²) in [6.07, 6.45) is 3.62. The van der Waals surface area contributed by atoms with E-state index in [0.29, 0.717) is 18.0 Å². The Labute approximate surface area is 111 Å². The van der Waals surface area contributed by atoms with Crippen molar-refractivity contribution in [3.8, 4) is 0 Å². The maximum atomic E-state index is 12.0. The number of aromatic nitrogens is 2. The highest BCUT2D eigenvalue weighted by atomic mass is 79.9. The van der Waals surface area contributed by atoms with Crippen molar-refractivity contribution in [2.45, 2.75) is 26.7 Å². The van der Waals surface area contributed by atoms with Gasteiger partial charge in [-0.1, -0.05) is 29.8 Å². The Bertz CT molecular complexity index is 376. The van der Waals surface area contributed by atoms with E-state index in [1.807, 2.05) is 14.0 Å². The molecule has 0 saturated heterocycles. The Morgan fingerprint density at radius 3 is 2.94 bits per heavy atom. The minimum atomic E-state index is -0.0172. The third kappa shape index (κ3) is 4.15. The lowest BCUT2D eigenvalue weighted by molar-refractivity contribution is 0.0947. The number of carbonyl (C=O) groups excluding carboxylic acids is 1. The molecule has 1 atom stereocenters. The SMILES string of the molecule is CCc1nn(C)cc1C(=O)NCC(C)CCBr. The van der Waals surface area contributed by atoms with Crippen LogP contribution in [-0.4, -0.2) is 27.6 Å². The molecule has 5 heteroatoms. The Balaban J connectivity index is 2.57. The average molecular weight is 302 g/mol. The van der Waals surface area contributed by atoms with Gasteiger partial charge in [0.2, 0.25) is 0 Å². The topological polar surface area (TPSA) is 46.9 Å². The second-order valence-corrected chi connectivity index (χ2v) is 5.10. The molecule has 1 rings (SSSR count). The maximum Gasteiger partial charge on any atom is 0.254 e. The number of rotatable bonds is 6. The van der Waals surface area contributed by atoms with Crippen molar-refractivity contribution in [2.75, 3.05) is 11.9 Å². The zero-order chi connectivity index (χ0) is 12.8. The van der Waals surface area contributed by atoms with Gasteiger partial charge in [0, 0.05) is 25.1 Å². The highest BCUT2D eigenvalue weighted by Gasteiger charge is 2.14. The van der Waals surface area contributed by atoms with E-state index >= 15 is 0 Å². The number of amides is 1. The molecule has 0 aromatic carbocycles. The van der Waals surface area contributed by atoms with E-state index in [1.165, 1.54) is 0 Å². The molecule has 1 unspecified atom stereocenters. The van der Waals surface area contributed by atoms with Crippen molar-refractivity contribution >= 4 is 21.8 Å². The first-order valence-corrected chi connectivity index (χ1v) is 7.07. The van der Waals surface area contributed by atoms with Crippen LogP contribution in [0.1, 0.15) is 36.3 Å². The van der Waals surface area contributed by atoms with Crippen LogP contribution in [0.25, 0.3) is 0 Å². The molecule has 0 aliphatic rings. The van der Waals surface area contributed by atoms with Gasteiger partial charge in [-0.2, -0.15) is 5.10 Å². The summed E-state index contributed by atoms with van der Waals surface area (Å²) in [7, 11) is 1.84. The monoisotopic (exact) mass is 301 g/mol. The maximum absolute atomic E-state index is 12.0. The molecule has 1 aromatic rings. The van der Waals surface area contributed by atoms with E-state index in [4.69, 9.17) is 0 Å². The molecule has 1 heterocycles. The predicted molar refractivity (Wildman–Crippen MR) is 72.5 cm³/mol. The summed E-state index contributed by atoms with van der Waals surface area (Å²) in [6.45, 7) is 4.85. The number of nitrogens with zero attached hydrogens (tertiary/aromatic N) is 2. The molecule has 17 heavy (non-hydrogen) atoms. The molecule has 0 saturated carbocycles. The number of hydrogen-bond acceptors (Lipinski definition) is 2. The lowest BCUT2D eigenvalue weighted by Crippen LogP contribution is -2.28. The van der Waals surface area contributed by atoms with Crippen molar-refractivity contribution in [3.63, 3.8) is 0 Å². The molecule has 0 fully saturated rings. The first kappa shape index (κ1) is 14.2. The van der Waals surface area contributed by atoms with Crippen LogP contribution in [0.3, 0.4) is 0 Å². The van der Waals surface area contributed by atoms with E-state index in [1.54, 1.807) is 10.9 Å². The van der Waals surface area contributed by atoms with Crippen LogP contribution >= 0.6 is 15.9 Å². The van der Waals surface area contributed by atoms with E-state index in [-0.39, 0.29) is 5.91 Å². The number of carbonyl (C=O) groups is 1. The van der Waals surface area contributed by atoms with Crippen LogP contribution in [0.2, 0.25) is 0 Å². The van der Waals surface area contributed by atoms with Gasteiger partial charge in [0.1, 0.15) is 0 Å². The minimum absolute atomic E-state index is 0.0172. The summed E-state index contributed by atoms with van der Waals surface area (Å²) in [5.41, 5.74) is 1.55. The zero-order valence-electron chi connectivity index (χ0n) is 10.7. The van der Waals surface area contributed by atoms with Crippen molar-refractivity contribution in [1.29, 1.82) is 0 Å². The summed E-state index contributed by atoms with van der Waals surface area (Å²) < 4.78 is 1.69. The highest BCUT2D eigenvalue weighted by Crippen LogP contribution is 2.08. The number of nitrogens with one attached hydrogen (secondary N) is 1. The van der Waals surface area contributed by atoms with Gasteiger partial charge >= 0.3 is 0 Å². The van der Waals surface area contributed by atoms with Crippen LogP contribution in [-0.2, 0) is 13.5 Å². The van der Waals surface area contributed by atoms with Crippen molar-refractivity contribution in [2.24, 2.45) is 13.0 Å². The van der Waals surface area contributed by atoms with Crippen LogP contribution < -0.4 is 5.32 Å². The first-order chi connectivity index (χ1) is 8.08. The number of alkyl halides is 1. The second-order valence-electron chi connectivity index (χ2n) is 4.31. The average Bonchev–Trinajstić information content (AvgIpc) is 2.68. The fourth-order valence-corrected chi connectivity index (χ4v) is 2.42. The summed E-state index contributed by atoms with van der Waals surface area (Å²) >= 11 is 3.40. The standard InChI is InChI=1S/C12H20BrN3O/c1-4-11-10(8-16(3)15-11)12(17)14-7-9(2)5-6-13/h8-9H,4-7H2,1-3H3,(H,14,17). The molecule has 0 aliphatic heterocycles. The first-order valence-electron chi connectivity index (χ1n) is 5.95. The minimum Gasteiger partial charge on any atom is -0.352 e. The van der Waals surface area contributed by atoms with Crippen LogP contribution in [0.5, 0.6) is 0 Å². The molecular weight excluding hydrogens is 282 g/mol. The van der Waals surface area contributed by atoms with Gasteiger partial charge in [-0.05, 0) is 18.8 Å². The van der Waals surface area contributed by atoms with Crippen molar-refractivity contribution < 1.29 is 4.79 Å². The predicted octanol–water partition coefficient (Wildman–Crippen LogP) is 2.13. The highest BCUT2D eigenvalue weighted by molar-refractivity contribution is 9.09. The molecule has 96 valence electrons. The van der Waals surface area contributed by atoms with Gasteiger partial charge in [-0.25, -0.2) is 0 Å². The zero-order valence-corrected chi connectivity index (χ0v) is 12.2. The van der Waals surface area contributed by atoms with Gasteiger partial charge in [-0.15, -0.1) is 0 Å². The van der Waals surface area contributed by atoms with Crippen LogP contribution in [0.4, 0.5) is 0 Å². The third-order valence-corrected chi connectivity index (χ3v) is 3.16. The quantitative estimate of drug-likeness (QED) is 0.818. The van der Waals surface area contributed by atoms with Gasteiger partial charge < -0.3 is 5.32 Å². The van der Waals surface area contributed by atoms with E-state index in [9.17, 15) is 4.79 Å². The molecule has 1 amide bonds. The summed E-state index contributed by atoms with van der Waals surface area (Å²) in [5, 5.41) is 8.19. The smallest absolute Gasteiger partial charge is 0.254 e. The largest absolute Gasteiger partial charge is 0.352 e. The fraction of sp³-hybridized carbons (Fsp3) is 0.667. The Morgan fingerprint density at radius 2 is 2.35 bits per heavy atom. The molecule has 0 bridgehead atoms. The van der Waals surface area contributed by atoms with E-state index in [0.717, 1.165) is 23.9 Å². The second kappa shape index (κ2) is 6.79. The summed E-state index contributed by atoms with van der Waals surface area (Å²) in [4.78, 5) is 12.0. The molecule has 1 N–H and O–H groups in total. The number of aryl methyl sites for hydroxylation is 2. The molecule has 0 spiro atoms. The van der Waals surface area contributed by atoms with E-state index < -0.39 is 0 Å². The van der Waals surface area contributed by atoms with Gasteiger partial charge in [0.15, 0.2) is 0 Å². The van der Waals surface area contributed by atoms with E-state index in [2.05, 4.69) is 33.3 Å². The number of halogens is 1. The lowest BCUT2D eigenvalue weighted by Gasteiger charge is -2.10. The molecule has 0 radical (unpaired) electrons. The van der Waals surface area contributed by atoms with Crippen LogP contribution in [0.15, 0.2) is 6.20 Å². The fourth-order valence-electron chi connectivity index (χ4n) is 1.64. The molecular formula is C12H20BrN3O. The van der Waals surface area contributed by atoms with Crippen molar-refractivity contribution in [3.05, 3.63) is 17.5 Å². The van der Waals surface area contributed by atoms with Gasteiger partial charge in [-0.3, -0.25) is 9.48 Å². The summed E-state index contributed by atoms with van der Waals surface area (Å²) in [6, 6.07) is 0. The van der Waals surface area contributed by atoms with Crippen LogP contribution in [0, 0.1) is 5.92 Å². The lowest BCUT2D eigenvalue weighted by atomic mass is 10.1. The molecule has 1 aromatic heterocycles. The van der Waals surface area contributed by atoms with Gasteiger partial charge in [0.05, 0.1) is 11.3 Å².